The number of hydrogen-bond acceptors (Lipinski definition) is 5. The summed E-state index contributed by atoms with van der Waals surface area (Å²) in [7, 11) is 3.58. The second-order valence-electron chi connectivity index (χ2n) is 6.66. The molecule has 2 rings (SSSR count). The smallest absolute Gasteiger partial charge is 0.337 e. The molecule has 1 aromatic rings. The third-order valence-electron chi connectivity index (χ3n) is 4.45. The molecule has 0 spiro atoms. The third-order valence-corrected chi connectivity index (χ3v) is 4.45. The van der Waals surface area contributed by atoms with E-state index in [9.17, 15) is 9.59 Å². The van der Waals surface area contributed by atoms with Gasteiger partial charge in [-0.3, -0.25) is 4.90 Å². The van der Waals surface area contributed by atoms with Gasteiger partial charge in [0.2, 0.25) is 0 Å². The number of rotatable bonds is 8. The van der Waals surface area contributed by atoms with Crippen LogP contribution < -0.4 is 15.4 Å². The Balaban J connectivity index is 2.26. The Kier molecular flexibility index (Phi) is 7.24. The predicted molar refractivity (Wildman–Crippen MR) is 103 cm³/mol. The van der Waals surface area contributed by atoms with Crippen molar-refractivity contribution >= 4 is 12.0 Å². The molecule has 0 radical (unpaired) electrons. The summed E-state index contributed by atoms with van der Waals surface area (Å²) < 4.78 is 10.6. The summed E-state index contributed by atoms with van der Waals surface area (Å²) in [5, 5.41) is 5.57. The van der Waals surface area contributed by atoms with Crippen LogP contribution in [-0.2, 0) is 16.1 Å². The molecule has 0 saturated heterocycles. The quantitative estimate of drug-likeness (QED) is 0.682. The van der Waals surface area contributed by atoms with Crippen molar-refractivity contribution in [2.24, 2.45) is 0 Å². The standard InChI is InChI=1S/C20H29N3O4/c1-6-15-18(19(24)27-7-2)16(22-20(25)21-15)12-23(4)11-14-10-13(3)8-9-17(14)26-5/h8-10,15H,6-7,11-12H2,1-5H3,(H2,21,22,25)/t15-/m1/s1. The van der Waals surface area contributed by atoms with Gasteiger partial charge < -0.3 is 20.1 Å². The second kappa shape index (κ2) is 9.41. The van der Waals surface area contributed by atoms with Crippen LogP contribution in [0.1, 0.15) is 31.4 Å². The number of nitrogens with one attached hydrogen (secondary N) is 2. The van der Waals surface area contributed by atoms with Crippen LogP contribution in [0.3, 0.4) is 0 Å². The lowest BCUT2D eigenvalue weighted by Gasteiger charge is -2.30. The summed E-state index contributed by atoms with van der Waals surface area (Å²) in [6.07, 6.45) is 0.612. The highest BCUT2D eigenvalue weighted by atomic mass is 16.5. The van der Waals surface area contributed by atoms with Gasteiger partial charge in [0.05, 0.1) is 25.3 Å². The SMILES string of the molecule is CCOC(=O)C1=C(CN(C)Cc2cc(C)ccc2OC)NC(=O)N[C@@H]1CC. The van der Waals surface area contributed by atoms with Crippen molar-refractivity contribution in [2.75, 3.05) is 27.3 Å². The molecule has 0 unspecified atom stereocenters. The molecule has 7 heteroatoms. The van der Waals surface area contributed by atoms with E-state index < -0.39 is 5.97 Å². The monoisotopic (exact) mass is 375 g/mol. The number of nitrogens with zero attached hydrogens (tertiary/aromatic N) is 1. The fraction of sp³-hybridized carbons (Fsp3) is 0.500. The van der Waals surface area contributed by atoms with Crippen LogP contribution in [0.4, 0.5) is 4.79 Å². The minimum absolute atomic E-state index is 0.288. The average molecular weight is 375 g/mol. The number of hydrogen-bond donors (Lipinski definition) is 2. The van der Waals surface area contributed by atoms with E-state index in [1.54, 1.807) is 14.0 Å². The summed E-state index contributed by atoms with van der Waals surface area (Å²) in [4.78, 5) is 26.5. The minimum atomic E-state index is -0.395. The average Bonchev–Trinajstić information content (AvgIpc) is 2.61. The Morgan fingerprint density at radius 3 is 2.63 bits per heavy atom. The summed E-state index contributed by atoms with van der Waals surface area (Å²) in [6, 6.07) is 5.37. The van der Waals surface area contributed by atoms with Crippen LogP contribution in [0, 0.1) is 6.92 Å². The molecule has 2 N–H and O–H groups in total. The summed E-state index contributed by atoms with van der Waals surface area (Å²) in [5.74, 6) is 0.418. The van der Waals surface area contributed by atoms with Crippen molar-refractivity contribution in [1.82, 2.24) is 15.5 Å². The van der Waals surface area contributed by atoms with Crippen molar-refractivity contribution in [3.8, 4) is 5.75 Å². The number of carbonyl (C=O) groups is 2. The highest BCUT2D eigenvalue weighted by Gasteiger charge is 2.31. The maximum absolute atomic E-state index is 12.5. The van der Waals surface area contributed by atoms with Gasteiger partial charge in [-0.25, -0.2) is 9.59 Å². The number of esters is 1. The lowest BCUT2D eigenvalue weighted by Crippen LogP contribution is -2.51. The van der Waals surface area contributed by atoms with Crippen LogP contribution in [0.15, 0.2) is 29.5 Å². The molecule has 0 aliphatic carbocycles. The first kappa shape index (κ1) is 20.8. The Bertz CT molecular complexity index is 730. The van der Waals surface area contributed by atoms with Crippen LogP contribution >= 0.6 is 0 Å². The number of methoxy groups -OCH3 is 1. The third kappa shape index (κ3) is 5.23. The molecule has 0 saturated carbocycles. The first-order valence-corrected chi connectivity index (χ1v) is 9.19. The molecule has 1 aromatic carbocycles. The van der Waals surface area contributed by atoms with Crippen LogP contribution in [-0.4, -0.2) is 50.3 Å². The Labute approximate surface area is 160 Å². The van der Waals surface area contributed by atoms with Crippen LogP contribution in [0.5, 0.6) is 5.75 Å². The lowest BCUT2D eigenvalue weighted by atomic mass is 10.00. The zero-order valence-corrected chi connectivity index (χ0v) is 16.7. The van der Waals surface area contributed by atoms with Crippen molar-refractivity contribution < 1.29 is 19.1 Å². The molecule has 27 heavy (non-hydrogen) atoms. The first-order chi connectivity index (χ1) is 12.9. The highest BCUT2D eigenvalue weighted by molar-refractivity contribution is 5.94. The van der Waals surface area contributed by atoms with E-state index in [1.807, 2.05) is 37.9 Å². The van der Waals surface area contributed by atoms with Gasteiger partial charge in [0.1, 0.15) is 5.75 Å². The van der Waals surface area contributed by atoms with E-state index in [0.717, 1.165) is 16.9 Å². The topological polar surface area (TPSA) is 79.9 Å². The number of likely N-dealkylation sites (N-methyl/N-ethyl adjacent to an activating group) is 1. The van der Waals surface area contributed by atoms with Gasteiger partial charge in [0.15, 0.2) is 0 Å². The molecular formula is C20H29N3O4. The number of ether oxygens (including phenoxy) is 2. The zero-order chi connectivity index (χ0) is 20.0. The number of carbonyl (C=O) groups excluding carboxylic acids is 2. The summed E-state index contributed by atoms with van der Waals surface area (Å²) >= 11 is 0. The van der Waals surface area contributed by atoms with Crippen LogP contribution in [0.25, 0.3) is 0 Å². The fourth-order valence-electron chi connectivity index (χ4n) is 3.23. The van der Waals surface area contributed by atoms with E-state index in [1.165, 1.54) is 0 Å². The molecule has 148 valence electrons. The minimum Gasteiger partial charge on any atom is -0.496 e. The Hall–Kier alpha value is -2.54. The Morgan fingerprint density at radius 2 is 2.00 bits per heavy atom. The fourth-order valence-corrected chi connectivity index (χ4v) is 3.23. The number of benzene rings is 1. The van der Waals surface area contributed by atoms with Gasteiger partial charge in [0.25, 0.3) is 0 Å². The molecule has 1 heterocycles. The van der Waals surface area contributed by atoms with Gasteiger partial charge in [-0.15, -0.1) is 0 Å². The molecule has 0 aromatic heterocycles. The van der Waals surface area contributed by atoms with Gasteiger partial charge in [-0.1, -0.05) is 24.6 Å². The molecule has 0 fully saturated rings. The second-order valence-corrected chi connectivity index (χ2v) is 6.66. The largest absolute Gasteiger partial charge is 0.496 e. The predicted octanol–water partition coefficient (Wildman–Crippen LogP) is 2.34. The van der Waals surface area contributed by atoms with E-state index >= 15 is 0 Å². The maximum atomic E-state index is 12.5. The number of urea groups is 1. The normalized spacial score (nSPS) is 16.8. The molecule has 2 amide bonds. The van der Waals surface area contributed by atoms with Crippen molar-refractivity contribution in [1.29, 1.82) is 0 Å². The molecule has 1 aliphatic heterocycles. The Morgan fingerprint density at radius 1 is 1.26 bits per heavy atom. The molecule has 1 atom stereocenters. The molecule has 7 nitrogen and oxygen atoms in total. The first-order valence-electron chi connectivity index (χ1n) is 9.19. The van der Waals surface area contributed by atoms with Crippen LogP contribution in [0.2, 0.25) is 0 Å². The van der Waals surface area contributed by atoms with E-state index in [4.69, 9.17) is 9.47 Å². The molecule has 0 bridgehead atoms. The maximum Gasteiger partial charge on any atom is 0.337 e. The molecular weight excluding hydrogens is 346 g/mol. The number of aryl methyl sites for hydroxylation is 1. The summed E-state index contributed by atoms with van der Waals surface area (Å²) in [6.45, 7) is 7.04. The van der Waals surface area contributed by atoms with Gasteiger partial charge in [-0.05, 0) is 33.4 Å². The van der Waals surface area contributed by atoms with Gasteiger partial charge in [-0.2, -0.15) is 0 Å². The lowest BCUT2D eigenvalue weighted by molar-refractivity contribution is -0.139. The van der Waals surface area contributed by atoms with Crippen molar-refractivity contribution in [2.45, 2.75) is 39.8 Å². The van der Waals surface area contributed by atoms with Gasteiger partial charge in [0, 0.05) is 24.4 Å². The summed E-state index contributed by atoms with van der Waals surface area (Å²) in [5.41, 5.74) is 3.26. The highest BCUT2D eigenvalue weighted by Crippen LogP contribution is 2.22. The van der Waals surface area contributed by atoms with Gasteiger partial charge >= 0.3 is 12.0 Å². The zero-order valence-electron chi connectivity index (χ0n) is 16.7. The van der Waals surface area contributed by atoms with Crippen molar-refractivity contribution in [3.63, 3.8) is 0 Å². The number of amides is 2. The molecule has 1 aliphatic rings. The van der Waals surface area contributed by atoms with Crippen molar-refractivity contribution in [3.05, 3.63) is 40.6 Å². The van der Waals surface area contributed by atoms with E-state index in [0.29, 0.717) is 30.8 Å². The van der Waals surface area contributed by atoms with E-state index in [-0.39, 0.29) is 18.7 Å². The van der Waals surface area contributed by atoms with E-state index in [2.05, 4.69) is 16.7 Å².